The molecule has 2 fully saturated rings. The molecule has 4 heteroatoms. The van der Waals surface area contributed by atoms with Crippen LogP contribution >= 0.6 is 0 Å². The molecule has 15 heavy (non-hydrogen) atoms. The van der Waals surface area contributed by atoms with Crippen molar-refractivity contribution in [3.8, 4) is 0 Å². The van der Waals surface area contributed by atoms with Gasteiger partial charge in [0.05, 0.1) is 0 Å². The van der Waals surface area contributed by atoms with Gasteiger partial charge >= 0.3 is 0 Å². The van der Waals surface area contributed by atoms with Crippen molar-refractivity contribution < 1.29 is 9.53 Å². The van der Waals surface area contributed by atoms with Gasteiger partial charge in [-0.05, 0) is 25.3 Å². The second-order valence-corrected chi connectivity index (χ2v) is 4.50. The summed E-state index contributed by atoms with van der Waals surface area (Å²) in [6.45, 7) is 6.92. The van der Waals surface area contributed by atoms with Crippen molar-refractivity contribution in [1.29, 1.82) is 0 Å². The molecule has 2 saturated heterocycles. The molecule has 2 aliphatic rings. The van der Waals surface area contributed by atoms with Gasteiger partial charge in [-0.1, -0.05) is 0 Å². The molecule has 0 saturated carbocycles. The van der Waals surface area contributed by atoms with Gasteiger partial charge in [0.2, 0.25) is 6.41 Å². The molecule has 0 bridgehead atoms. The molecule has 1 unspecified atom stereocenters. The third-order valence-electron chi connectivity index (χ3n) is 3.43. The van der Waals surface area contributed by atoms with Crippen molar-refractivity contribution >= 4 is 6.41 Å². The highest BCUT2D eigenvalue weighted by Gasteiger charge is 2.19. The summed E-state index contributed by atoms with van der Waals surface area (Å²) in [5.74, 6) is 0.772. The molecule has 0 aromatic rings. The summed E-state index contributed by atoms with van der Waals surface area (Å²) in [4.78, 5) is 14.8. The van der Waals surface area contributed by atoms with Crippen molar-refractivity contribution in [3.05, 3.63) is 0 Å². The van der Waals surface area contributed by atoms with Crippen LogP contribution in [0.1, 0.15) is 12.8 Å². The van der Waals surface area contributed by atoms with Gasteiger partial charge in [0.25, 0.3) is 0 Å². The first kappa shape index (κ1) is 10.9. The van der Waals surface area contributed by atoms with Crippen LogP contribution in [0.15, 0.2) is 0 Å². The van der Waals surface area contributed by atoms with E-state index in [0.29, 0.717) is 0 Å². The van der Waals surface area contributed by atoms with Gasteiger partial charge in [-0.2, -0.15) is 0 Å². The molecule has 0 radical (unpaired) electrons. The van der Waals surface area contributed by atoms with E-state index in [-0.39, 0.29) is 0 Å². The van der Waals surface area contributed by atoms with E-state index in [1.807, 2.05) is 4.90 Å². The Morgan fingerprint density at radius 1 is 1.27 bits per heavy atom. The van der Waals surface area contributed by atoms with Crippen LogP contribution < -0.4 is 0 Å². The number of hydrogen-bond donors (Lipinski definition) is 0. The maximum Gasteiger partial charge on any atom is 0.209 e. The van der Waals surface area contributed by atoms with Crippen LogP contribution in [-0.2, 0) is 9.53 Å². The van der Waals surface area contributed by atoms with Crippen LogP contribution in [0.5, 0.6) is 0 Å². The van der Waals surface area contributed by atoms with Crippen LogP contribution in [0.2, 0.25) is 0 Å². The number of hydrogen-bond acceptors (Lipinski definition) is 3. The lowest BCUT2D eigenvalue weighted by Gasteiger charge is -2.32. The molecular formula is C11H20N2O2. The van der Waals surface area contributed by atoms with Gasteiger partial charge in [-0.25, -0.2) is 0 Å². The Bertz CT molecular complexity index is 197. The third kappa shape index (κ3) is 3.18. The highest BCUT2D eigenvalue weighted by atomic mass is 16.5. The fourth-order valence-corrected chi connectivity index (χ4v) is 2.27. The molecule has 0 aromatic carbocycles. The zero-order valence-electron chi connectivity index (χ0n) is 9.23. The molecule has 2 rings (SSSR count). The van der Waals surface area contributed by atoms with E-state index in [9.17, 15) is 4.79 Å². The minimum Gasteiger partial charge on any atom is -0.381 e. The van der Waals surface area contributed by atoms with Crippen molar-refractivity contribution in [2.45, 2.75) is 12.8 Å². The van der Waals surface area contributed by atoms with E-state index in [4.69, 9.17) is 4.74 Å². The van der Waals surface area contributed by atoms with E-state index in [0.717, 1.165) is 51.7 Å². The molecule has 1 amide bonds. The number of amides is 1. The predicted molar refractivity (Wildman–Crippen MR) is 57.6 cm³/mol. The van der Waals surface area contributed by atoms with Crippen molar-refractivity contribution in [2.24, 2.45) is 5.92 Å². The first-order valence-electron chi connectivity index (χ1n) is 5.88. The number of carbonyl (C=O) groups excluding carboxylic acids is 1. The Morgan fingerprint density at radius 3 is 2.67 bits per heavy atom. The summed E-state index contributed by atoms with van der Waals surface area (Å²) in [7, 11) is 0. The van der Waals surface area contributed by atoms with Gasteiger partial charge in [-0.15, -0.1) is 0 Å². The topological polar surface area (TPSA) is 32.8 Å². The van der Waals surface area contributed by atoms with Crippen LogP contribution in [0.25, 0.3) is 0 Å². The second kappa shape index (κ2) is 5.47. The summed E-state index contributed by atoms with van der Waals surface area (Å²) in [6.07, 6.45) is 3.44. The van der Waals surface area contributed by atoms with Crippen LogP contribution in [-0.4, -0.2) is 62.1 Å². The number of carbonyl (C=O) groups is 1. The van der Waals surface area contributed by atoms with Crippen LogP contribution in [0, 0.1) is 5.92 Å². The third-order valence-corrected chi connectivity index (χ3v) is 3.43. The lowest BCUT2D eigenvalue weighted by molar-refractivity contribution is -0.119. The Kier molecular flexibility index (Phi) is 3.97. The average Bonchev–Trinajstić information content (AvgIpc) is 2.80. The highest BCUT2D eigenvalue weighted by Crippen LogP contribution is 2.16. The zero-order valence-corrected chi connectivity index (χ0v) is 9.23. The standard InChI is InChI=1S/C11H20N2O2/c14-10-13-6-4-12(5-7-13)3-1-11-2-8-15-9-11/h10-11H,1-9H2. The van der Waals surface area contributed by atoms with Crippen LogP contribution in [0.4, 0.5) is 0 Å². The van der Waals surface area contributed by atoms with E-state index < -0.39 is 0 Å². The van der Waals surface area contributed by atoms with Gasteiger partial charge in [0.1, 0.15) is 0 Å². The van der Waals surface area contributed by atoms with Gasteiger partial charge in [-0.3, -0.25) is 9.69 Å². The fourth-order valence-electron chi connectivity index (χ4n) is 2.27. The van der Waals surface area contributed by atoms with E-state index in [2.05, 4.69) is 4.90 Å². The number of rotatable bonds is 4. The molecule has 2 heterocycles. The Balaban J connectivity index is 1.61. The molecule has 2 aliphatic heterocycles. The fraction of sp³-hybridized carbons (Fsp3) is 0.909. The van der Waals surface area contributed by atoms with Gasteiger partial charge < -0.3 is 9.64 Å². The summed E-state index contributed by atoms with van der Waals surface area (Å²) in [5.41, 5.74) is 0. The van der Waals surface area contributed by atoms with E-state index in [1.165, 1.54) is 19.4 Å². The molecule has 0 aromatic heterocycles. The normalized spacial score (nSPS) is 28.3. The van der Waals surface area contributed by atoms with Crippen molar-refractivity contribution in [2.75, 3.05) is 45.9 Å². The lowest BCUT2D eigenvalue weighted by atomic mass is 10.0. The summed E-state index contributed by atoms with van der Waals surface area (Å²) in [6, 6.07) is 0. The summed E-state index contributed by atoms with van der Waals surface area (Å²) < 4.78 is 5.36. The molecule has 0 N–H and O–H groups in total. The summed E-state index contributed by atoms with van der Waals surface area (Å²) >= 11 is 0. The highest BCUT2D eigenvalue weighted by molar-refractivity contribution is 5.47. The molecule has 0 spiro atoms. The first-order chi connectivity index (χ1) is 7.38. The SMILES string of the molecule is O=CN1CCN(CCC2CCOC2)CC1. The molecular weight excluding hydrogens is 192 g/mol. The van der Waals surface area contributed by atoms with Gasteiger partial charge in [0, 0.05) is 39.4 Å². The smallest absolute Gasteiger partial charge is 0.209 e. The molecule has 0 aliphatic carbocycles. The largest absolute Gasteiger partial charge is 0.381 e. The lowest BCUT2D eigenvalue weighted by Crippen LogP contribution is -2.46. The minimum atomic E-state index is 0.772. The Hall–Kier alpha value is -0.610. The van der Waals surface area contributed by atoms with Crippen molar-refractivity contribution in [3.63, 3.8) is 0 Å². The summed E-state index contributed by atoms with van der Waals surface area (Å²) in [5, 5.41) is 0. The van der Waals surface area contributed by atoms with E-state index in [1.54, 1.807) is 0 Å². The van der Waals surface area contributed by atoms with Crippen LogP contribution in [0.3, 0.4) is 0 Å². The Morgan fingerprint density at radius 2 is 2.07 bits per heavy atom. The maximum atomic E-state index is 10.5. The maximum absolute atomic E-state index is 10.5. The average molecular weight is 212 g/mol. The quantitative estimate of drug-likeness (QED) is 0.624. The number of nitrogens with zero attached hydrogens (tertiary/aromatic N) is 2. The predicted octanol–water partition coefficient (Wildman–Crippen LogP) is 0.187. The second-order valence-electron chi connectivity index (χ2n) is 4.50. The van der Waals surface area contributed by atoms with Gasteiger partial charge in [0.15, 0.2) is 0 Å². The van der Waals surface area contributed by atoms with Crippen molar-refractivity contribution in [1.82, 2.24) is 9.80 Å². The number of ether oxygens (including phenoxy) is 1. The molecule has 1 atom stereocenters. The first-order valence-corrected chi connectivity index (χ1v) is 5.88. The number of piperazine rings is 1. The monoisotopic (exact) mass is 212 g/mol. The molecule has 86 valence electrons. The van der Waals surface area contributed by atoms with E-state index >= 15 is 0 Å². The zero-order chi connectivity index (χ0) is 10.5. The minimum absolute atomic E-state index is 0.772. The molecule has 4 nitrogen and oxygen atoms in total. The Labute approximate surface area is 91.2 Å².